The van der Waals surface area contributed by atoms with Gasteiger partial charge in [0, 0.05) is 24.4 Å². The summed E-state index contributed by atoms with van der Waals surface area (Å²) in [6.45, 7) is 5.23. The van der Waals surface area contributed by atoms with E-state index in [1.807, 2.05) is 53.9 Å². The predicted octanol–water partition coefficient (Wildman–Crippen LogP) is 4.72. The Labute approximate surface area is 330 Å². The van der Waals surface area contributed by atoms with Gasteiger partial charge in [0.2, 0.25) is 21.8 Å². The van der Waals surface area contributed by atoms with Crippen LogP contribution in [0.4, 0.5) is 4.79 Å². The molecule has 4 heterocycles. The molecule has 15 nitrogen and oxygen atoms in total. The largest absolute Gasteiger partial charge is 0.497 e. The number of hydrogen-bond acceptors (Lipinski definition) is 11. The molecule has 5 atom stereocenters. The van der Waals surface area contributed by atoms with E-state index < -0.39 is 74.3 Å². The number of carbonyl (C=O) groups excluding carboxylic acids is 4. The second kappa shape index (κ2) is 15.6. The SMILES string of the molecule is COc1ccc(-c2nn([C@@H]3C[C@H]4C(=O)N[C@]5(C(=O)NS(=O)(=O)C6CC6)C[C@H]5/C=C/CCCCC[C@@H](NC(=O)OC(C)(C)C)C(=O)N4C3)nc2-c2cccs2)cc1. The van der Waals surface area contributed by atoms with Gasteiger partial charge in [-0.1, -0.05) is 31.1 Å². The third kappa shape index (κ3) is 8.62. The Kier molecular flexibility index (Phi) is 11.0. The molecule has 17 heteroatoms. The molecule has 56 heavy (non-hydrogen) atoms. The Bertz CT molecular complexity index is 2090. The lowest BCUT2D eigenvalue weighted by atomic mass is 10.0. The van der Waals surface area contributed by atoms with Gasteiger partial charge < -0.3 is 25.0 Å². The second-order valence-electron chi connectivity index (χ2n) is 16.0. The van der Waals surface area contributed by atoms with Gasteiger partial charge >= 0.3 is 6.09 Å². The summed E-state index contributed by atoms with van der Waals surface area (Å²) in [5, 5.41) is 16.9. The molecule has 7 rings (SSSR count). The van der Waals surface area contributed by atoms with Gasteiger partial charge in [0.25, 0.3) is 5.91 Å². The number of nitrogens with zero attached hydrogens (tertiary/aromatic N) is 4. The molecule has 1 aromatic carbocycles. The molecule has 0 unspecified atom stereocenters. The van der Waals surface area contributed by atoms with Gasteiger partial charge in [-0.15, -0.1) is 11.3 Å². The second-order valence-corrected chi connectivity index (χ2v) is 18.9. The summed E-state index contributed by atoms with van der Waals surface area (Å²) in [5.74, 6) is -1.62. The van der Waals surface area contributed by atoms with Gasteiger partial charge in [-0.3, -0.25) is 19.1 Å². The zero-order chi connectivity index (χ0) is 39.8. The summed E-state index contributed by atoms with van der Waals surface area (Å²) < 4.78 is 38.9. The number of alkyl carbamates (subject to hydrolysis) is 1. The maximum absolute atomic E-state index is 14.6. The van der Waals surface area contributed by atoms with Crippen LogP contribution in [0.3, 0.4) is 0 Å². The van der Waals surface area contributed by atoms with Crippen molar-refractivity contribution in [3.8, 4) is 27.6 Å². The average Bonchev–Trinajstić information content (AvgIpc) is 3.90. The Morgan fingerprint density at radius 3 is 2.45 bits per heavy atom. The number of aromatic nitrogens is 3. The summed E-state index contributed by atoms with van der Waals surface area (Å²) in [5.41, 5.74) is -0.272. The first-order chi connectivity index (χ1) is 26.7. The van der Waals surface area contributed by atoms with Crippen LogP contribution in [0.15, 0.2) is 53.9 Å². The quantitative estimate of drug-likeness (QED) is 0.269. The molecule has 3 N–H and O–H groups in total. The number of methoxy groups -OCH3 is 1. The molecule has 4 amide bonds. The summed E-state index contributed by atoms with van der Waals surface area (Å²) in [7, 11) is -2.31. The number of ether oxygens (including phenoxy) is 2. The summed E-state index contributed by atoms with van der Waals surface area (Å²) in [6, 6.07) is 8.64. The smallest absolute Gasteiger partial charge is 0.408 e. The highest BCUT2D eigenvalue weighted by molar-refractivity contribution is 7.91. The lowest BCUT2D eigenvalue weighted by Gasteiger charge is -2.30. The van der Waals surface area contributed by atoms with Crippen LogP contribution in [0.1, 0.15) is 84.6 Å². The molecule has 2 aliphatic heterocycles. The molecule has 4 aliphatic rings. The fourth-order valence-electron chi connectivity index (χ4n) is 7.40. The fourth-order valence-corrected chi connectivity index (χ4v) is 9.48. The first-order valence-corrected chi connectivity index (χ1v) is 21.6. The van der Waals surface area contributed by atoms with Crippen LogP contribution in [0.25, 0.3) is 21.8 Å². The lowest BCUT2D eigenvalue weighted by Crippen LogP contribution is -2.58. The number of rotatable bonds is 8. The summed E-state index contributed by atoms with van der Waals surface area (Å²) in [6.07, 6.45) is 7.52. The van der Waals surface area contributed by atoms with Crippen molar-refractivity contribution < 1.29 is 37.1 Å². The van der Waals surface area contributed by atoms with Gasteiger partial charge in [0.05, 0.1) is 23.3 Å². The maximum atomic E-state index is 14.6. The van der Waals surface area contributed by atoms with Crippen molar-refractivity contribution in [2.45, 2.75) is 113 Å². The van der Waals surface area contributed by atoms with Crippen molar-refractivity contribution in [1.82, 2.24) is 35.2 Å². The number of nitrogens with one attached hydrogen (secondary N) is 3. The number of fused-ring (bicyclic) bond motifs is 2. The Balaban J connectivity index is 1.24. The van der Waals surface area contributed by atoms with E-state index >= 15 is 0 Å². The molecular weight excluding hydrogens is 759 g/mol. The topological polar surface area (TPSA) is 191 Å². The first-order valence-electron chi connectivity index (χ1n) is 19.2. The number of allylic oxidation sites excluding steroid dienone is 1. The van der Waals surface area contributed by atoms with E-state index in [1.165, 1.54) is 16.2 Å². The molecule has 2 aliphatic carbocycles. The Morgan fingerprint density at radius 2 is 1.77 bits per heavy atom. The molecule has 2 aromatic heterocycles. The fraction of sp³-hybridized carbons (Fsp3) is 0.538. The third-order valence-electron chi connectivity index (χ3n) is 10.6. The molecule has 3 aromatic rings. The maximum Gasteiger partial charge on any atom is 0.408 e. The normalized spacial score (nSPS) is 26.5. The number of benzene rings is 1. The van der Waals surface area contributed by atoms with Crippen LogP contribution in [0.2, 0.25) is 0 Å². The molecule has 0 spiro atoms. The van der Waals surface area contributed by atoms with E-state index in [-0.39, 0.29) is 19.4 Å². The van der Waals surface area contributed by atoms with Gasteiger partial charge in [-0.05, 0) is 95.0 Å². The van der Waals surface area contributed by atoms with Crippen LogP contribution >= 0.6 is 11.3 Å². The molecule has 0 bridgehead atoms. The van der Waals surface area contributed by atoms with Crippen LogP contribution in [-0.2, 0) is 29.1 Å². The first kappa shape index (κ1) is 39.5. The number of carbonyl (C=O) groups is 4. The van der Waals surface area contributed by atoms with E-state index in [2.05, 4.69) is 15.4 Å². The summed E-state index contributed by atoms with van der Waals surface area (Å²) >= 11 is 1.51. The molecule has 1 saturated heterocycles. The van der Waals surface area contributed by atoms with Crippen LogP contribution in [0.5, 0.6) is 5.75 Å². The van der Waals surface area contributed by atoms with Crippen molar-refractivity contribution in [2.24, 2.45) is 5.92 Å². The van der Waals surface area contributed by atoms with E-state index in [4.69, 9.17) is 19.7 Å². The molecule has 0 radical (unpaired) electrons. The zero-order valence-electron chi connectivity index (χ0n) is 32.0. The number of thiophene rings is 1. The molecular formula is C39H49N7O8S2. The Hall–Kier alpha value is -4.77. The van der Waals surface area contributed by atoms with Gasteiger partial charge in [0.15, 0.2) is 0 Å². The van der Waals surface area contributed by atoms with Gasteiger partial charge in [-0.25, -0.2) is 13.2 Å². The molecule has 2 saturated carbocycles. The van der Waals surface area contributed by atoms with Crippen molar-refractivity contribution in [1.29, 1.82) is 0 Å². The van der Waals surface area contributed by atoms with Crippen molar-refractivity contribution in [3.05, 3.63) is 53.9 Å². The minimum atomic E-state index is -3.90. The van der Waals surface area contributed by atoms with Crippen LogP contribution in [-0.4, -0.2) is 94.3 Å². The third-order valence-corrected chi connectivity index (χ3v) is 13.3. The van der Waals surface area contributed by atoms with E-state index in [1.54, 1.807) is 32.7 Å². The van der Waals surface area contributed by atoms with Crippen LogP contribution < -0.4 is 20.1 Å². The highest BCUT2D eigenvalue weighted by Crippen LogP contribution is 2.46. The lowest BCUT2D eigenvalue weighted by molar-refractivity contribution is -0.141. The van der Waals surface area contributed by atoms with E-state index in [0.29, 0.717) is 49.2 Å². The highest BCUT2D eigenvalue weighted by atomic mass is 32.2. The Morgan fingerprint density at radius 1 is 1.02 bits per heavy atom. The number of hydrogen-bond donors (Lipinski definition) is 3. The van der Waals surface area contributed by atoms with Gasteiger partial charge in [-0.2, -0.15) is 15.0 Å². The van der Waals surface area contributed by atoms with Crippen molar-refractivity contribution in [2.75, 3.05) is 13.7 Å². The average molecular weight is 808 g/mol. The number of amides is 4. The standard InChI is InChI=1S/C39H49N7O8S2/c1-38(2,3)54-37(50)40-29-12-9-7-5-6-8-11-25-22-39(25,36(49)44-56(51,52)28-18-19-28)41-34(47)30-21-26(23-45(30)35(29)48)46-42-32(24-14-16-27(53-4)17-15-24)33(43-46)31-13-10-20-55-31/h8,10-11,13-17,20,25-26,28-30H,5-7,9,12,18-19,21-23H2,1-4H3,(H,40,50)(H,41,47)(H,44,49)/b11-8+/t25-,26-,29-,30+,39-/m1/s1. The zero-order valence-corrected chi connectivity index (χ0v) is 33.7. The number of sulfonamides is 1. The predicted molar refractivity (Wildman–Crippen MR) is 209 cm³/mol. The van der Waals surface area contributed by atoms with E-state index in [9.17, 15) is 27.6 Å². The van der Waals surface area contributed by atoms with Crippen LogP contribution in [0, 0.1) is 5.92 Å². The monoisotopic (exact) mass is 807 g/mol. The van der Waals surface area contributed by atoms with Gasteiger partial charge in [0.1, 0.15) is 40.4 Å². The van der Waals surface area contributed by atoms with E-state index in [0.717, 1.165) is 23.3 Å². The molecule has 300 valence electrons. The minimum absolute atomic E-state index is 0.0304. The minimum Gasteiger partial charge on any atom is -0.497 e. The van der Waals surface area contributed by atoms with Crippen molar-refractivity contribution >= 4 is 45.2 Å². The highest BCUT2D eigenvalue weighted by Gasteiger charge is 2.62. The van der Waals surface area contributed by atoms with Crippen molar-refractivity contribution in [3.63, 3.8) is 0 Å². The molecule has 3 fully saturated rings. The summed E-state index contributed by atoms with van der Waals surface area (Å²) in [4.78, 5) is 59.9.